The van der Waals surface area contributed by atoms with Gasteiger partial charge in [0, 0.05) is 19.5 Å². The summed E-state index contributed by atoms with van der Waals surface area (Å²) in [6.07, 6.45) is 2.84. The molecule has 0 saturated heterocycles. The van der Waals surface area contributed by atoms with Gasteiger partial charge in [-0.1, -0.05) is 0 Å². The molecule has 3 N–H and O–H groups in total. The Morgan fingerprint density at radius 1 is 1.40 bits per heavy atom. The lowest BCUT2D eigenvalue weighted by atomic mass is 10.1. The first kappa shape index (κ1) is 15.9. The predicted molar refractivity (Wildman–Crippen MR) is 72.0 cm³/mol. The van der Waals surface area contributed by atoms with Crippen LogP contribution in [0.3, 0.4) is 0 Å². The van der Waals surface area contributed by atoms with Gasteiger partial charge < -0.3 is 20.3 Å². The molecule has 0 radical (unpaired) electrons. The molecule has 0 bridgehead atoms. The molecule has 20 heavy (non-hydrogen) atoms. The van der Waals surface area contributed by atoms with Crippen LogP contribution < -0.4 is 10.6 Å². The van der Waals surface area contributed by atoms with Crippen molar-refractivity contribution in [3.05, 3.63) is 12.2 Å². The SMILES string of the molecule is CC(CCCC(=O)O)NC(=O)NC(C)c1nncn1C. The number of carbonyl (C=O) groups excluding carboxylic acids is 1. The highest BCUT2D eigenvalue weighted by atomic mass is 16.4. The number of nitrogens with one attached hydrogen (secondary N) is 2. The van der Waals surface area contributed by atoms with Crippen LogP contribution in [0, 0.1) is 0 Å². The van der Waals surface area contributed by atoms with Crippen LogP contribution in [0.1, 0.15) is 45.0 Å². The standard InChI is InChI=1S/C12H21N5O3/c1-8(5-4-6-10(18)19)14-12(20)15-9(2)11-16-13-7-17(11)3/h7-9H,4-6H2,1-3H3,(H,18,19)(H2,14,15,20). The minimum atomic E-state index is -0.822. The van der Waals surface area contributed by atoms with E-state index in [9.17, 15) is 9.59 Å². The first-order chi connectivity index (χ1) is 9.40. The number of carboxylic acids is 1. The summed E-state index contributed by atoms with van der Waals surface area (Å²) < 4.78 is 1.74. The summed E-state index contributed by atoms with van der Waals surface area (Å²) in [6, 6.07) is -0.641. The average molecular weight is 283 g/mol. The zero-order valence-electron chi connectivity index (χ0n) is 12.0. The van der Waals surface area contributed by atoms with E-state index >= 15 is 0 Å². The van der Waals surface area contributed by atoms with Gasteiger partial charge in [0.15, 0.2) is 5.82 Å². The first-order valence-corrected chi connectivity index (χ1v) is 6.53. The van der Waals surface area contributed by atoms with E-state index in [0.29, 0.717) is 18.7 Å². The second-order valence-electron chi connectivity index (χ2n) is 4.83. The van der Waals surface area contributed by atoms with Crippen LogP contribution in [0.15, 0.2) is 6.33 Å². The first-order valence-electron chi connectivity index (χ1n) is 6.53. The van der Waals surface area contributed by atoms with Gasteiger partial charge in [-0.05, 0) is 26.7 Å². The zero-order chi connectivity index (χ0) is 15.1. The van der Waals surface area contributed by atoms with E-state index in [1.54, 1.807) is 17.9 Å². The number of amides is 2. The zero-order valence-corrected chi connectivity index (χ0v) is 12.0. The Morgan fingerprint density at radius 3 is 2.65 bits per heavy atom. The molecule has 2 amide bonds. The molecule has 0 aliphatic carbocycles. The topological polar surface area (TPSA) is 109 Å². The summed E-state index contributed by atoms with van der Waals surface area (Å²) >= 11 is 0. The Hall–Kier alpha value is -2.12. The highest BCUT2D eigenvalue weighted by molar-refractivity contribution is 5.74. The van der Waals surface area contributed by atoms with Crippen molar-refractivity contribution in [2.45, 2.75) is 45.2 Å². The summed E-state index contributed by atoms with van der Waals surface area (Å²) in [5.74, 6) is -0.156. The van der Waals surface area contributed by atoms with Crippen LogP contribution in [0.4, 0.5) is 4.79 Å². The number of hydrogen-bond acceptors (Lipinski definition) is 4. The van der Waals surface area contributed by atoms with Crippen molar-refractivity contribution in [1.82, 2.24) is 25.4 Å². The molecule has 0 aliphatic rings. The summed E-state index contributed by atoms with van der Waals surface area (Å²) in [5.41, 5.74) is 0. The molecule has 8 nitrogen and oxygen atoms in total. The normalized spacial score (nSPS) is 13.6. The van der Waals surface area contributed by atoms with Crippen molar-refractivity contribution < 1.29 is 14.7 Å². The molecule has 1 aromatic heterocycles. The smallest absolute Gasteiger partial charge is 0.315 e. The van der Waals surface area contributed by atoms with E-state index in [0.717, 1.165) is 0 Å². The van der Waals surface area contributed by atoms with Crippen LogP contribution in [0.5, 0.6) is 0 Å². The monoisotopic (exact) mass is 283 g/mol. The maximum Gasteiger partial charge on any atom is 0.315 e. The molecule has 0 aromatic carbocycles. The van der Waals surface area contributed by atoms with E-state index in [1.807, 2.05) is 13.8 Å². The van der Waals surface area contributed by atoms with Crippen molar-refractivity contribution in [1.29, 1.82) is 0 Å². The number of nitrogens with zero attached hydrogens (tertiary/aromatic N) is 3. The number of carbonyl (C=O) groups is 2. The van der Waals surface area contributed by atoms with Crippen molar-refractivity contribution in [3.63, 3.8) is 0 Å². The molecule has 8 heteroatoms. The van der Waals surface area contributed by atoms with E-state index in [4.69, 9.17) is 5.11 Å². The largest absolute Gasteiger partial charge is 0.481 e. The molecule has 0 spiro atoms. The summed E-state index contributed by atoms with van der Waals surface area (Å²) in [7, 11) is 1.81. The number of urea groups is 1. The fourth-order valence-electron chi connectivity index (χ4n) is 1.84. The maximum atomic E-state index is 11.8. The molecule has 0 aliphatic heterocycles. The second kappa shape index (κ2) is 7.46. The molecule has 1 heterocycles. The molecule has 0 fully saturated rings. The van der Waals surface area contributed by atoms with Gasteiger partial charge in [0.25, 0.3) is 0 Å². The van der Waals surface area contributed by atoms with Gasteiger partial charge in [-0.25, -0.2) is 4.79 Å². The van der Waals surface area contributed by atoms with Crippen LogP contribution in [0.2, 0.25) is 0 Å². The van der Waals surface area contributed by atoms with Gasteiger partial charge in [-0.2, -0.15) is 0 Å². The Kier molecular flexibility index (Phi) is 5.95. The predicted octanol–water partition coefficient (Wildman–Crippen LogP) is 0.819. The van der Waals surface area contributed by atoms with E-state index < -0.39 is 5.97 Å². The van der Waals surface area contributed by atoms with Gasteiger partial charge in [-0.3, -0.25) is 4.79 Å². The average Bonchev–Trinajstić information content (AvgIpc) is 2.74. The third-order valence-electron chi connectivity index (χ3n) is 2.89. The minimum Gasteiger partial charge on any atom is -0.481 e. The van der Waals surface area contributed by atoms with Gasteiger partial charge >= 0.3 is 12.0 Å². The van der Waals surface area contributed by atoms with Crippen LogP contribution in [-0.4, -0.2) is 37.9 Å². The maximum absolute atomic E-state index is 11.8. The quantitative estimate of drug-likeness (QED) is 0.686. The van der Waals surface area contributed by atoms with Crippen LogP contribution in [-0.2, 0) is 11.8 Å². The number of hydrogen-bond donors (Lipinski definition) is 3. The number of aryl methyl sites for hydroxylation is 1. The lowest BCUT2D eigenvalue weighted by molar-refractivity contribution is -0.137. The van der Waals surface area contributed by atoms with E-state index in [-0.39, 0.29) is 24.5 Å². The molecule has 112 valence electrons. The van der Waals surface area contributed by atoms with Gasteiger partial charge in [0.2, 0.25) is 0 Å². The third-order valence-corrected chi connectivity index (χ3v) is 2.89. The molecule has 0 saturated carbocycles. The number of rotatable bonds is 7. The van der Waals surface area contributed by atoms with Gasteiger partial charge in [0.05, 0.1) is 6.04 Å². The lowest BCUT2D eigenvalue weighted by Crippen LogP contribution is -2.42. The highest BCUT2D eigenvalue weighted by Crippen LogP contribution is 2.07. The molecule has 1 rings (SSSR count). The number of aromatic nitrogens is 3. The fraction of sp³-hybridized carbons (Fsp3) is 0.667. The minimum absolute atomic E-state index is 0.0824. The van der Waals surface area contributed by atoms with Gasteiger partial charge in [-0.15, -0.1) is 10.2 Å². The summed E-state index contributed by atoms with van der Waals surface area (Å²) in [6.45, 7) is 3.66. The van der Waals surface area contributed by atoms with Gasteiger partial charge in [0.1, 0.15) is 6.33 Å². The fourth-order valence-corrected chi connectivity index (χ4v) is 1.84. The Morgan fingerprint density at radius 2 is 2.10 bits per heavy atom. The molecule has 2 unspecified atom stereocenters. The van der Waals surface area contributed by atoms with E-state index in [2.05, 4.69) is 20.8 Å². The highest BCUT2D eigenvalue weighted by Gasteiger charge is 2.15. The van der Waals surface area contributed by atoms with E-state index in [1.165, 1.54) is 0 Å². The van der Waals surface area contributed by atoms with Crippen molar-refractivity contribution in [2.24, 2.45) is 7.05 Å². The Bertz CT molecular complexity index is 460. The second-order valence-corrected chi connectivity index (χ2v) is 4.83. The summed E-state index contributed by atoms with van der Waals surface area (Å²) in [5, 5.41) is 21.7. The third kappa shape index (κ3) is 5.25. The molecular weight excluding hydrogens is 262 g/mol. The summed E-state index contributed by atoms with van der Waals surface area (Å²) in [4.78, 5) is 22.2. The number of carboxylic acid groups (broad SMARTS) is 1. The van der Waals surface area contributed by atoms with Crippen molar-refractivity contribution in [2.75, 3.05) is 0 Å². The molecular formula is C12H21N5O3. The van der Waals surface area contributed by atoms with Crippen molar-refractivity contribution in [3.8, 4) is 0 Å². The molecule has 1 aromatic rings. The molecule has 2 atom stereocenters. The van der Waals surface area contributed by atoms with Crippen molar-refractivity contribution >= 4 is 12.0 Å². The Labute approximate surface area is 117 Å². The van der Waals surface area contributed by atoms with Crippen LogP contribution >= 0.6 is 0 Å². The van der Waals surface area contributed by atoms with Crippen LogP contribution in [0.25, 0.3) is 0 Å². The number of aliphatic carboxylic acids is 1. The Balaban J connectivity index is 2.32. The lowest BCUT2D eigenvalue weighted by Gasteiger charge is -2.17.